The molecule has 0 atom stereocenters. The second-order valence-electron chi connectivity index (χ2n) is 13.1. The molecule has 0 saturated heterocycles. The van der Waals surface area contributed by atoms with Crippen LogP contribution in [0.15, 0.2) is 121 Å². The molecule has 0 radical (unpaired) electrons. The summed E-state index contributed by atoms with van der Waals surface area (Å²) in [5.41, 5.74) is 3.38. The van der Waals surface area contributed by atoms with Crippen molar-refractivity contribution in [3.05, 3.63) is 149 Å². The fourth-order valence-electron chi connectivity index (χ4n) is 5.39. The van der Waals surface area contributed by atoms with E-state index in [1.54, 1.807) is 92.4 Å². The van der Waals surface area contributed by atoms with E-state index in [0.29, 0.717) is 39.8 Å². The van der Waals surface area contributed by atoms with Gasteiger partial charge in [-0.2, -0.15) is 0 Å². The number of anilines is 1. The molecule has 0 bridgehead atoms. The van der Waals surface area contributed by atoms with Crippen molar-refractivity contribution in [2.45, 2.75) is 45.8 Å². The number of alkyl carbamates (subject to hydrolysis) is 1. The van der Waals surface area contributed by atoms with Crippen molar-refractivity contribution in [2.75, 3.05) is 18.0 Å². The zero-order valence-corrected chi connectivity index (χ0v) is 30.1. The Morgan fingerprint density at radius 2 is 1.50 bits per heavy atom. The highest BCUT2D eigenvalue weighted by Crippen LogP contribution is 2.36. The molecule has 5 rings (SSSR count). The molecular weight excluding hydrogens is 681 g/mol. The van der Waals surface area contributed by atoms with E-state index in [0.717, 1.165) is 16.7 Å². The average Bonchev–Trinajstić information content (AvgIpc) is 3.12. The van der Waals surface area contributed by atoms with Crippen molar-refractivity contribution in [1.29, 1.82) is 0 Å². The highest BCUT2D eigenvalue weighted by molar-refractivity contribution is 6.30. The lowest BCUT2D eigenvalue weighted by Gasteiger charge is -2.26. The Hall–Kier alpha value is -5.67. The number of halogens is 2. The number of nitrogens with one attached hydrogen (secondary N) is 2. The summed E-state index contributed by atoms with van der Waals surface area (Å²) in [5, 5.41) is 5.99. The second kappa shape index (κ2) is 17.5. The molecule has 5 aromatic rings. The summed E-state index contributed by atoms with van der Waals surface area (Å²) in [7, 11) is 0. The lowest BCUT2D eigenvalue weighted by molar-refractivity contribution is -0.120. The molecule has 268 valence electrons. The van der Waals surface area contributed by atoms with Crippen molar-refractivity contribution < 1.29 is 28.2 Å². The summed E-state index contributed by atoms with van der Waals surface area (Å²) >= 11 is 6.45. The summed E-state index contributed by atoms with van der Waals surface area (Å²) in [4.78, 5) is 40.7. The van der Waals surface area contributed by atoms with Gasteiger partial charge in [0.15, 0.2) is 5.75 Å². The van der Waals surface area contributed by atoms with Gasteiger partial charge in [0, 0.05) is 36.3 Å². The van der Waals surface area contributed by atoms with E-state index in [2.05, 4.69) is 10.6 Å². The molecule has 0 aliphatic heterocycles. The van der Waals surface area contributed by atoms with Crippen molar-refractivity contribution >= 4 is 35.2 Å². The number of carbonyl (C=O) groups excluding carboxylic acids is 3. The molecule has 8 nitrogen and oxygen atoms in total. The Kier molecular flexibility index (Phi) is 12.7. The Morgan fingerprint density at radius 1 is 0.788 bits per heavy atom. The first kappa shape index (κ1) is 37.6. The first-order valence-corrected chi connectivity index (χ1v) is 17.3. The standard InChI is InChI=1S/C42H41ClFN3O5/c1-42(2,3)52-41(50)46-28-29-11-9-15-35(25-29)51-38-27-34(43)21-22-37(38)47(24-10-23-45-39(48)26-33-14-7-8-16-36(33)44)40(49)32-19-17-31(18-20-32)30-12-5-4-6-13-30/h4-9,11-22,25,27H,10,23-24,26,28H2,1-3H3,(H,45,48)(H,46,50). The largest absolute Gasteiger partial charge is 0.455 e. The zero-order chi connectivity index (χ0) is 37.1. The molecule has 0 saturated carbocycles. The predicted octanol–water partition coefficient (Wildman–Crippen LogP) is 9.36. The number of rotatable bonds is 13. The van der Waals surface area contributed by atoms with Gasteiger partial charge in [-0.1, -0.05) is 84.4 Å². The quantitative estimate of drug-likeness (QED) is 0.118. The molecular formula is C42H41ClFN3O5. The van der Waals surface area contributed by atoms with Crippen LogP contribution in [-0.4, -0.2) is 36.6 Å². The van der Waals surface area contributed by atoms with Gasteiger partial charge in [0.25, 0.3) is 5.91 Å². The number of nitrogens with zero attached hydrogens (tertiary/aromatic N) is 1. The molecule has 0 fully saturated rings. The van der Waals surface area contributed by atoms with Gasteiger partial charge in [0.1, 0.15) is 17.2 Å². The monoisotopic (exact) mass is 721 g/mol. The predicted molar refractivity (Wildman–Crippen MR) is 202 cm³/mol. The number of carbonyl (C=O) groups is 3. The van der Waals surface area contributed by atoms with E-state index >= 15 is 0 Å². The van der Waals surface area contributed by atoms with E-state index < -0.39 is 17.5 Å². The van der Waals surface area contributed by atoms with Crippen LogP contribution in [0.1, 0.15) is 48.7 Å². The Morgan fingerprint density at radius 3 is 2.23 bits per heavy atom. The average molecular weight is 722 g/mol. The van der Waals surface area contributed by atoms with Crippen LogP contribution in [0.2, 0.25) is 5.02 Å². The lowest BCUT2D eigenvalue weighted by atomic mass is 10.0. The van der Waals surface area contributed by atoms with Crippen LogP contribution >= 0.6 is 11.6 Å². The molecule has 52 heavy (non-hydrogen) atoms. The van der Waals surface area contributed by atoms with Gasteiger partial charge in [-0.3, -0.25) is 9.59 Å². The minimum absolute atomic E-state index is 0.0926. The van der Waals surface area contributed by atoms with E-state index in [1.807, 2.05) is 48.5 Å². The number of ether oxygens (including phenoxy) is 2. The first-order valence-electron chi connectivity index (χ1n) is 17.0. The van der Waals surface area contributed by atoms with Gasteiger partial charge in [-0.15, -0.1) is 0 Å². The van der Waals surface area contributed by atoms with Crippen LogP contribution < -0.4 is 20.3 Å². The SMILES string of the molecule is CC(C)(C)OC(=O)NCc1cccc(Oc2cc(Cl)ccc2N(CCCNC(=O)Cc2ccccc2F)C(=O)c2ccc(-c3ccccc3)cc2)c1. The van der Waals surface area contributed by atoms with Crippen LogP contribution in [-0.2, 0) is 22.5 Å². The molecule has 0 aliphatic carbocycles. The van der Waals surface area contributed by atoms with Crippen molar-refractivity contribution in [2.24, 2.45) is 0 Å². The number of benzene rings is 5. The molecule has 0 aromatic heterocycles. The van der Waals surface area contributed by atoms with E-state index in [4.69, 9.17) is 21.1 Å². The Labute approximate surface area is 308 Å². The van der Waals surface area contributed by atoms with Gasteiger partial charge < -0.3 is 25.0 Å². The lowest BCUT2D eigenvalue weighted by Crippen LogP contribution is -2.35. The minimum atomic E-state index is -0.627. The smallest absolute Gasteiger partial charge is 0.407 e. The number of hydrogen-bond acceptors (Lipinski definition) is 5. The topological polar surface area (TPSA) is 97.0 Å². The van der Waals surface area contributed by atoms with Crippen LogP contribution in [0.3, 0.4) is 0 Å². The fraction of sp³-hybridized carbons (Fsp3) is 0.214. The summed E-state index contributed by atoms with van der Waals surface area (Å²) in [6.45, 7) is 6.06. The zero-order valence-electron chi connectivity index (χ0n) is 29.3. The number of hydrogen-bond donors (Lipinski definition) is 2. The van der Waals surface area contributed by atoms with Crippen LogP contribution in [0.5, 0.6) is 11.5 Å². The van der Waals surface area contributed by atoms with Gasteiger partial charge in [-0.25, -0.2) is 9.18 Å². The van der Waals surface area contributed by atoms with Gasteiger partial charge >= 0.3 is 6.09 Å². The summed E-state index contributed by atoms with van der Waals surface area (Å²) in [6, 6.07) is 35.6. The third-order valence-corrected chi connectivity index (χ3v) is 8.08. The minimum Gasteiger partial charge on any atom is -0.455 e. The molecule has 0 aliphatic rings. The normalized spacial score (nSPS) is 11.0. The van der Waals surface area contributed by atoms with E-state index in [1.165, 1.54) is 6.07 Å². The highest BCUT2D eigenvalue weighted by Gasteiger charge is 2.23. The van der Waals surface area contributed by atoms with Gasteiger partial charge in [0.05, 0.1) is 12.1 Å². The summed E-state index contributed by atoms with van der Waals surface area (Å²) in [6.07, 6.45) is -0.236. The third-order valence-electron chi connectivity index (χ3n) is 7.85. The number of amides is 3. The highest BCUT2D eigenvalue weighted by atomic mass is 35.5. The Balaban J connectivity index is 1.36. The molecule has 3 amide bonds. The maximum atomic E-state index is 14.2. The van der Waals surface area contributed by atoms with E-state index in [9.17, 15) is 18.8 Å². The Bertz CT molecular complexity index is 2000. The third kappa shape index (κ3) is 10.9. The molecule has 0 spiro atoms. The summed E-state index contributed by atoms with van der Waals surface area (Å²) in [5.74, 6) is -0.238. The maximum Gasteiger partial charge on any atom is 0.407 e. The van der Waals surface area contributed by atoms with Crippen molar-refractivity contribution in [3.8, 4) is 22.6 Å². The van der Waals surface area contributed by atoms with Crippen LogP contribution in [0.25, 0.3) is 11.1 Å². The maximum absolute atomic E-state index is 14.2. The fourth-order valence-corrected chi connectivity index (χ4v) is 5.55. The van der Waals surface area contributed by atoms with Crippen LogP contribution in [0, 0.1) is 5.82 Å². The first-order chi connectivity index (χ1) is 24.9. The van der Waals surface area contributed by atoms with Gasteiger partial charge in [-0.05, 0) is 91.9 Å². The summed E-state index contributed by atoms with van der Waals surface area (Å²) < 4.78 is 25.8. The molecule has 0 heterocycles. The molecule has 5 aromatic carbocycles. The second-order valence-corrected chi connectivity index (χ2v) is 13.5. The van der Waals surface area contributed by atoms with Crippen molar-refractivity contribution in [1.82, 2.24) is 10.6 Å². The van der Waals surface area contributed by atoms with Crippen LogP contribution in [0.4, 0.5) is 14.9 Å². The van der Waals surface area contributed by atoms with E-state index in [-0.39, 0.29) is 37.9 Å². The molecule has 10 heteroatoms. The molecule has 0 unspecified atom stereocenters. The van der Waals surface area contributed by atoms with Gasteiger partial charge in [0.2, 0.25) is 5.91 Å². The van der Waals surface area contributed by atoms with Crippen molar-refractivity contribution in [3.63, 3.8) is 0 Å². The molecule has 2 N–H and O–H groups in total.